The molecule has 1 aliphatic heterocycles. The standard InChI is InChI=1S/C12H14N4O2/c1-18-7-5-9(14-6-7)11-15-10-8(12(17)16-11)3-2-4-13-10/h2-4,7,9,14H,5-6H2,1H3,(H,13,15,16,17)/t7-,9+/m0/s1. The van der Waals surface area contributed by atoms with E-state index < -0.39 is 0 Å². The maximum atomic E-state index is 11.9. The van der Waals surface area contributed by atoms with Crippen molar-refractivity contribution in [3.8, 4) is 0 Å². The summed E-state index contributed by atoms with van der Waals surface area (Å²) in [5, 5.41) is 3.80. The van der Waals surface area contributed by atoms with Gasteiger partial charge in [0.15, 0.2) is 5.65 Å². The van der Waals surface area contributed by atoms with Crippen molar-refractivity contribution in [1.82, 2.24) is 20.3 Å². The Bertz CT molecular complexity index is 625. The first kappa shape index (κ1) is 11.3. The molecular formula is C12H14N4O2. The Balaban J connectivity index is 2.01. The molecule has 0 radical (unpaired) electrons. The van der Waals surface area contributed by atoms with Crippen LogP contribution in [0.25, 0.3) is 11.0 Å². The van der Waals surface area contributed by atoms with Crippen LogP contribution in [0.15, 0.2) is 23.1 Å². The zero-order valence-electron chi connectivity index (χ0n) is 10.0. The SMILES string of the molecule is CO[C@@H]1CN[C@@H](c2nc3ncccc3c(=O)[nH]2)C1. The zero-order chi connectivity index (χ0) is 12.5. The summed E-state index contributed by atoms with van der Waals surface area (Å²) in [4.78, 5) is 23.3. The topological polar surface area (TPSA) is 79.9 Å². The van der Waals surface area contributed by atoms with E-state index in [1.165, 1.54) is 0 Å². The summed E-state index contributed by atoms with van der Waals surface area (Å²) in [6.07, 6.45) is 2.61. The Hall–Kier alpha value is -1.79. The van der Waals surface area contributed by atoms with Gasteiger partial charge < -0.3 is 15.0 Å². The number of H-pyrrole nitrogens is 1. The number of rotatable bonds is 2. The normalized spacial score (nSPS) is 23.6. The van der Waals surface area contributed by atoms with Crippen LogP contribution in [0.3, 0.4) is 0 Å². The highest BCUT2D eigenvalue weighted by atomic mass is 16.5. The molecule has 2 aromatic rings. The lowest BCUT2D eigenvalue weighted by molar-refractivity contribution is 0.117. The predicted molar refractivity (Wildman–Crippen MR) is 66.3 cm³/mol. The minimum Gasteiger partial charge on any atom is -0.380 e. The van der Waals surface area contributed by atoms with E-state index in [0.717, 1.165) is 13.0 Å². The number of hydrogen-bond acceptors (Lipinski definition) is 5. The Labute approximate surface area is 103 Å². The number of hydrogen-bond donors (Lipinski definition) is 2. The van der Waals surface area contributed by atoms with Gasteiger partial charge in [0.05, 0.1) is 17.5 Å². The third kappa shape index (κ3) is 1.89. The fraction of sp³-hybridized carbons (Fsp3) is 0.417. The molecule has 1 saturated heterocycles. The number of ether oxygens (including phenoxy) is 1. The van der Waals surface area contributed by atoms with Gasteiger partial charge in [0.1, 0.15) is 5.82 Å². The third-order valence-corrected chi connectivity index (χ3v) is 3.25. The van der Waals surface area contributed by atoms with Crippen molar-refractivity contribution < 1.29 is 4.74 Å². The molecular weight excluding hydrogens is 232 g/mol. The highest BCUT2D eigenvalue weighted by Gasteiger charge is 2.27. The molecule has 2 aromatic heterocycles. The molecule has 0 unspecified atom stereocenters. The first-order valence-electron chi connectivity index (χ1n) is 5.89. The van der Waals surface area contributed by atoms with Gasteiger partial charge in [-0.15, -0.1) is 0 Å². The third-order valence-electron chi connectivity index (χ3n) is 3.25. The van der Waals surface area contributed by atoms with Gasteiger partial charge in [0.2, 0.25) is 0 Å². The molecule has 1 aliphatic rings. The van der Waals surface area contributed by atoms with Crippen molar-refractivity contribution in [1.29, 1.82) is 0 Å². The van der Waals surface area contributed by atoms with Gasteiger partial charge in [-0.2, -0.15) is 0 Å². The van der Waals surface area contributed by atoms with Gasteiger partial charge in [-0.1, -0.05) is 0 Å². The Morgan fingerprint density at radius 2 is 2.39 bits per heavy atom. The average Bonchev–Trinajstić information content (AvgIpc) is 2.87. The fourth-order valence-electron chi connectivity index (χ4n) is 2.25. The molecule has 6 heteroatoms. The van der Waals surface area contributed by atoms with E-state index in [-0.39, 0.29) is 17.7 Å². The predicted octanol–water partition coefficient (Wildman–Crippen LogP) is 0.367. The molecule has 0 amide bonds. The van der Waals surface area contributed by atoms with E-state index in [4.69, 9.17) is 4.74 Å². The molecule has 2 N–H and O–H groups in total. The van der Waals surface area contributed by atoms with Gasteiger partial charge in [-0.3, -0.25) is 4.79 Å². The van der Waals surface area contributed by atoms with E-state index >= 15 is 0 Å². The number of nitrogens with zero attached hydrogens (tertiary/aromatic N) is 2. The van der Waals surface area contributed by atoms with Crippen molar-refractivity contribution >= 4 is 11.0 Å². The Kier molecular flexibility index (Phi) is 2.81. The molecule has 3 rings (SSSR count). The minimum atomic E-state index is -0.147. The summed E-state index contributed by atoms with van der Waals surface area (Å²) in [6, 6.07) is 3.47. The molecule has 3 heterocycles. The second kappa shape index (κ2) is 4.47. The fourth-order valence-corrected chi connectivity index (χ4v) is 2.25. The lowest BCUT2D eigenvalue weighted by Gasteiger charge is -2.09. The molecule has 0 aromatic carbocycles. The monoisotopic (exact) mass is 246 g/mol. The van der Waals surface area contributed by atoms with E-state index in [0.29, 0.717) is 16.9 Å². The van der Waals surface area contributed by atoms with E-state index in [1.807, 2.05) is 0 Å². The van der Waals surface area contributed by atoms with Crippen LogP contribution in [0, 0.1) is 0 Å². The molecule has 0 aliphatic carbocycles. The quantitative estimate of drug-likeness (QED) is 0.800. The van der Waals surface area contributed by atoms with Crippen molar-refractivity contribution in [3.05, 3.63) is 34.5 Å². The lowest BCUT2D eigenvalue weighted by atomic mass is 10.2. The molecule has 6 nitrogen and oxygen atoms in total. The molecule has 94 valence electrons. The smallest absolute Gasteiger partial charge is 0.260 e. The molecule has 1 fully saturated rings. The summed E-state index contributed by atoms with van der Waals surface area (Å²) in [5.74, 6) is 0.630. The molecule has 0 spiro atoms. The van der Waals surface area contributed by atoms with Gasteiger partial charge in [-0.25, -0.2) is 9.97 Å². The Morgan fingerprint density at radius 3 is 3.17 bits per heavy atom. The van der Waals surface area contributed by atoms with Crippen molar-refractivity contribution in [2.75, 3.05) is 13.7 Å². The number of pyridine rings is 1. The largest absolute Gasteiger partial charge is 0.380 e. The summed E-state index contributed by atoms with van der Waals surface area (Å²) in [5.41, 5.74) is 0.338. The number of nitrogens with one attached hydrogen (secondary N) is 2. The summed E-state index contributed by atoms with van der Waals surface area (Å²) in [6.45, 7) is 0.769. The van der Waals surface area contributed by atoms with Gasteiger partial charge in [0, 0.05) is 19.9 Å². The second-order valence-corrected chi connectivity index (χ2v) is 4.38. The van der Waals surface area contributed by atoms with Crippen LogP contribution in [0.2, 0.25) is 0 Å². The van der Waals surface area contributed by atoms with E-state index in [2.05, 4.69) is 20.3 Å². The molecule has 18 heavy (non-hydrogen) atoms. The highest BCUT2D eigenvalue weighted by molar-refractivity contribution is 5.72. The zero-order valence-corrected chi connectivity index (χ0v) is 10.0. The summed E-state index contributed by atoms with van der Waals surface area (Å²) in [7, 11) is 1.69. The van der Waals surface area contributed by atoms with Gasteiger partial charge in [0.25, 0.3) is 5.56 Å². The number of methoxy groups -OCH3 is 1. The summed E-state index contributed by atoms with van der Waals surface area (Å²) >= 11 is 0. The van der Waals surface area contributed by atoms with E-state index in [1.54, 1.807) is 25.4 Å². The lowest BCUT2D eigenvalue weighted by Crippen LogP contribution is -2.21. The number of aromatic nitrogens is 3. The van der Waals surface area contributed by atoms with Crippen molar-refractivity contribution in [3.63, 3.8) is 0 Å². The number of fused-ring (bicyclic) bond motifs is 1. The van der Waals surface area contributed by atoms with Crippen LogP contribution < -0.4 is 10.9 Å². The second-order valence-electron chi connectivity index (χ2n) is 4.38. The highest BCUT2D eigenvalue weighted by Crippen LogP contribution is 2.21. The minimum absolute atomic E-state index is 0.0223. The van der Waals surface area contributed by atoms with Crippen molar-refractivity contribution in [2.45, 2.75) is 18.6 Å². The van der Waals surface area contributed by atoms with Crippen LogP contribution in [0.4, 0.5) is 0 Å². The van der Waals surface area contributed by atoms with Crippen molar-refractivity contribution in [2.24, 2.45) is 0 Å². The van der Waals surface area contributed by atoms with Gasteiger partial charge in [-0.05, 0) is 18.6 Å². The first-order chi connectivity index (χ1) is 8.78. The average molecular weight is 246 g/mol. The molecule has 2 atom stereocenters. The van der Waals surface area contributed by atoms with Crippen LogP contribution in [0.1, 0.15) is 18.3 Å². The van der Waals surface area contributed by atoms with Gasteiger partial charge >= 0.3 is 0 Å². The maximum Gasteiger partial charge on any atom is 0.260 e. The van der Waals surface area contributed by atoms with Crippen LogP contribution >= 0.6 is 0 Å². The van der Waals surface area contributed by atoms with Crippen LogP contribution in [-0.2, 0) is 4.74 Å². The van der Waals surface area contributed by atoms with Crippen LogP contribution in [-0.4, -0.2) is 34.7 Å². The first-order valence-corrected chi connectivity index (χ1v) is 5.89. The molecule has 0 bridgehead atoms. The molecule has 0 saturated carbocycles. The number of aromatic amines is 1. The Morgan fingerprint density at radius 1 is 1.50 bits per heavy atom. The summed E-state index contributed by atoms with van der Waals surface area (Å²) < 4.78 is 5.28. The maximum absolute atomic E-state index is 11.9. The van der Waals surface area contributed by atoms with E-state index in [9.17, 15) is 4.79 Å². The van der Waals surface area contributed by atoms with Crippen LogP contribution in [0.5, 0.6) is 0 Å².